The average molecular weight is 361 g/mol. The summed E-state index contributed by atoms with van der Waals surface area (Å²) in [6.07, 6.45) is 0. The molecule has 0 saturated heterocycles. The maximum absolute atomic E-state index is 12.8. The Morgan fingerprint density at radius 2 is 1.85 bits per heavy atom. The van der Waals surface area contributed by atoms with Crippen LogP contribution in [0.25, 0.3) is 21.6 Å². The fourth-order valence-electron chi connectivity index (χ4n) is 3.10. The second-order valence-electron chi connectivity index (χ2n) is 6.38. The van der Waals surface area contributed by atoms with Gasteiger partial charge < -0.3 is 9.73 Å². The van der Waals surface area contributed by atoms with E-state index in [1.54, 1.807) is 11.3 Å². The second-order valence-corrected chi connectivity index (χ2v) is 7.63. The van der Waals surface area contributed by atoms with Crippen molar-refractivity contribution in [2.45, 2.75) is 20.4 Å². The van der Waals surface area contributed by atoms with E-state index in [0.29, 0.717) is 17.7 Å². The van der Waals surface area contributed by atoms with Gasteiger partial charge in [-0.25, -0.2) is 0 Å². The monoisotopic (exact) mass is 361 g/mol. The van der Waals surface area contributed by atoms with Gasteiger partial charge in [-0.05, 0) is 19.4 Å². The Balaban J connectivity index is 1.62. The molecule has 0 spiro atoms. The zero-order valence-electron chi connectivity index (χ0n) is 14.7. The molecule has 0 aliphatic rings. The van der Waals surface area contributed by atoms with E-state index in [9.17, 15) is 4.79 Å². The van der Waals surface area contributed by atoms with Crippen LogP contribution in [0, 0.1) is 13.8 Å². The van der Waals surface area contributed by atoms with Crippen LogP contribution in [-0.2, 0) is 6.54 Å². The van der Waals surface area contributed by atoms with Crippen LogP contribution in [0.3, 0.4) is 0 Å². The molecule has 0 radical (unpaired) electrons. The zero-order valence-corrected chi connectivity index (χ0v) is 15.5. The van der Waals surface area contributed by atoms with E-state index in [0.717, 1.165) is 26.5 Å². The first-order valence-electron chi connectivity index (χ1n) is 8.54. The van der Waals surface area contributed by atoms with E-state index >= 15 is 0 Å². The van der Waals surface area contributed by atoms with Gasteiger partial charge in [0.1, 0.15) is 5.76 Å². The first kappa shape index (κ1) is 16.6. The topological polar surface area (TPSA) is 42.2 Å². The Morgan fingerprint density at radius 1 is 1.04 bits per heavy atom. The average Bonchev–Trinajstić information content (AvgIpc) is 3.17. The Morgan fingerprint density at radius 3 is 2.62 bits per heavy atom. The number of rotatable bonds is 4. The molecule has 4 aromatic rings. The SMILES string of the molecule is Cc1cccc(CNC(=O)c2c(C)sc3cc(-c4ccccc4)oc23)c1. The molecule has 0 aliphatic heterocycles. The minimum atomic E-state index is -0.0933. The molecule has 2 aromatic heterocycles. The minimum Gasteiger partial charge on any atom is -0.454 e. The summed E-state index contributed by atoms with van der Waals surface area (Å²) in [4.78, 5) is 13.8. The summed E-state index contributed by atoms with van der Waals surface area (Å²) in [7, 11) is 0. The van der Waals surface area contributed by atoms with Gasteiger partial charge in [0.25, 0.3) is 5.91 Å². The van der Waals surface area contributed by atoms with Gasteiger partial charge >= 0.3 is 0 Å². The van der Waals surface area contributed by atoms with Crippen molar-refractivity contribution in [3.8, 4) is 11.3 Å². The van der Waals surface area contributed by atoms with Gasteiger partial charge in [0, 0.05) is 23.1 Å². The molecule has 26 heavy (non-hydrogen) atoms. The number of carbonyl (C=O) groups is 1. The van der Waals surface area contributed by atoms with Crippen LogP contribution in [0.5, 0.6) is 0 Å². The number of furan rings is 1. The highest BCUT2D eigenvalue weighted by Crippen LogP contribution is 2.36. The number of benzene rings is 2. The molecule has 0 saturated carbocycles. The molecule has 0 atom stereocenters. The summed E-state index contributed by atoms with van der Waals surface area (Å²) in [6, 6.07) is 20.1. The predicted octanol–water partition coefficient (Wildman–Crippen LogP) is 5.71. The van der Waals surface area contributed by atoms with Crippen LogP contribution in [0.1, 0.15) is 26.4 Å². The van der Waals surface area contributed by atoms with E-state index in [-0.39, 0.29) is 5.91 Å². The van der Waals surface area contributed by atoms with E-state index in [1.807, 2.05) is 68.4 Å². The first-order valence-corrected chi connectivity index (χ1v) is 9.35. The van der Waals surface area contributed by atoms with Crippen molar-refractivity contribution in [3.05, 3.63) is 82.2 Å². The molecule has 2 aromatic carbocycles. The number of thiophene rings is 1. The molecular weight excluding hydrogens is 342 g/mol. The first-order chi connectivity index (χ1) is 12.6. The molecule has 4 heteroatoms. The molecular formula is C22H19NO2S. The number of aryl methyl sites for hydroxylation is 2. The van der Waals surface area contributed by atoms with Crippen molar-refractivity contribution >= 4 is 27.5 Å². The molecule has 1 N–H and O–H groups in total. The summed E-state index contributed by atoms with van der Waals surface area (Å²) in [5.74, 6) is 0.698. The molecule has 0 fully saturated rings. The molecule has 0 aliphatic carbocycles. The lowest BCUT2D eigenvalue weighted by atomic mass is 10.1. The van der Waals surface area contributed by atoms with Crippen LogP contribution in [0.4, 0.5) is 0 Å². The Kier molecular flexibility index (Phi) is 4.35. The fourth-order valence-corrected chi connectivity index (χ4v) is 4.12. The lowest BCUT2D eigenvalue weighted by Gasteiger charge is -2.06. The van der Waals surface area contributed by atoms with Gasteiger partial charge in [0.15, 0.2) is 5.58 Å². The van der Waals surface area contributed by atoms with Gasteiger partial charge in [-0.15, -0.1) is 11.3 Å². The quantitative estimate of drug-likeness (QED) is 0.506. The third kappa shape index (κ3) is 3.16. The van der Waals surface area contributed by atoms with Crippen molar-refractivity contribution in [1.29, 1.82) is 0 Å². The lowest BCUT2D eigenvalue weighted by molar-refractivity contribution is 0.0951. The number of amides is 1. The van der Waals surface area contributed by atoms with Crippen molar-refractivity contribution in [2.24, 2.45) is 0 Å². The van der Waals surface area contributed by atoms with Crippen molar-refractivity contribution in [2.75, 3.05) is 0 Å². The molecule has 0 unspecified atom stereocenters. The maximum Gasteiger partial charge on any atom is 0.256 e. The molecule has 4 rings (SSSR count). The molecule has 0 bridgehead atoms. The standard InChI is InChI=1S/C22H19NO2S/c1-14-7-6-8-16(11-14)13-23-22(24)20-15(2)26-19-12-18(25-21(19)20)17-9-4-3-5-10-17/h3-12H,13H2,1-2H3,(H,23,24). The highest BCUT2D eigenvalue weighted by atomic mass is 32.1. The van der Waals surface area contributed by atoms with Crippen molar-refractivity contribution < 1.29 is 9.21 Å². The van der Waals surface area contributed by atoms with E-state index < -0.39 is 0 Å². The predicted molar refractivity (Wildman–Crippen MR) is 107 cm³/mol. The smallest absolute Gasteiger partial charge is 0.256 e. The van der Waals surface area contributed by atoms with Gasteiger partial charge in [0.05, 0.1) is 10.3 Å². The molecule has 1 amide bonds. The summed E-state index contributed by atoms with van der Waals surface area (Å²) in [5.41, 5.74) is 4.60. The molecule has 3 nitrogen and oxygen atoms in total. The second kappa shape index (κ2) is 6.81. The van der Waals surface area contributed by atoms with E-state index in [4.69, 9.17) is 4.42 Å². The van der Waals surface area contributed by atoms with Crippen LogP contribution < -0.4 is 5.32 Å². The van der Waals surface area contributed by atoms with Crippen LogP contribution in [0.2, 0.25) is 0 Å². The highest BCUT2D eigenvalue weighted by molar-refractivity contribution is 7.19. The Hall–Kier alpha value is -2.85. The summed E-state index contributed by atoms with van der Waals surface area (Å²) < 4.78 is 7.05. The summed E-state index contributed by atoms with van der Waals surface area (Å²) in [5, 5.41) is 3.02. The lowest BCUT2D eigenvalue weighted by Crippen LogP contribution is -2.23. The van der Waals surface area contributed by atoms with Crippen LogP contribution in [-0.4, -0.2) is 5.91 Å². The van der Waals surface area contributed by atoms with Gasteiger partial charge in [-0.1, -0.05) is 60.2 Å². The Labute approximate surface area is 156 Å². The summed E-state index contributed by atoms with van der Waals surface area (Å²) in [6.45, 7) is 4.51. The van der Waals surface area contributed by atoms with E-state index in [2.05, 4.69) is 11.4 Å². The molecule has 2 heterocycles. The number of fused-ring (bicyclic) bond motifs is 1. The van der Waals surface area contributed by atoms with Gasteiger partial charge in [0.2, 0.25) is 0 Å². The normalized spacial score (nSPS) is 11.0. The largest absolute Gasteiger partial charge is 0.454 e. The van der Waals surface area contributed by atoms with Crippen molar-refractivity contribution in [3.63, 3.8) is 0 Å². The number of carbonyl (C=O) groups excluding carboxylic acids is 1. The number of hydrogen-bond donors (Lipinski definition) is 1. The third-order valence-electron chi connectivity index (χ3n) is 4.36. The van der Waals surface area contributed by atoms with Crippen LogP contribution in [0.15, 0.2) is 65.1 Å². The van der Waals surface area contributed by atoms with Crippen LogP contribution >= 0.6 is 11.3 Å². The Bertz CT molecular complexity index is 1080. The number of nitrogens with one attached hydrogen (secondary N) is 1. The van der Waals surface area contributed by atoms with Gasteiger partial charge in [-0.3, -0.25) is 4.79 Å². The van der Waals surface area contributed by atoms with Gasteiger partial charge in [-0.2, -0.15) is 0 Å². The fraction of sp³-hybridized carbons (Fsp3) is 0.136. The maximum atomic E-state index is 12.8. The number of hydrogen-bond acceptors (Lipinski definition) is 3. The summed E-state index contributed by atoms with van der Waals surface area (Å²) >= 11 is 1.59. The zero-order chi connectivity index (χ0) is 18.1. The third-order valence-corrected chi connectivity index (χ3v) is 5.39. The molecule has 130 valence electrons. The van der Waals surface area contributed by atoms with E-state index in [1.165, 1.54) is 5.56 Å². The minimum absolute atomic E-state index is 0.0933. The van der Waals surface area contributed by atoms with Crippen molar-refractivity contribution in [1.82, 2.24) is 5.32 Å². The highest BCUT2D eigenvalue weighted by Gasteiger charge is 2.21.